The SMILES string of the molecule is C#CCOCCOCCOCCOCCP(C)(=O)OCC. The highest BCUT2D eigenvalue weighted by Crippen LogP contribution is 2.41. The fourth-order valence-corrected chi connectivity index (χ4v) is 2.49. The molecular weight excluding hydrogens is 295 g/mol. The molecule has 0 radical (unpaired) electrons. The Morgan fingerprint density at radius 2 is 1.38 bits per heavy atom. The summed E-state index contributed by atoms with van der Waals surface area (Å²) < 4.78 is 37.8. The third-order valence-corrected chi connectivity index (χ3v) is 4.14. The minimum absolute atomic E-state index is 0.311. The molecule has 1 unspecified atom stereocenters. The van der Waals surface area contributed by atoms with Gasteiger partial charge in [0.1, 0.15) is 6.61 Å². The Morgan fingerprint density at radius 3 is 1.86 bits per heavy atom. The van der Waals surface area contributed by atoms with Crippen LogP contribution in [0.3, 0.4) is 0 Å². The summed E-state index contributed by atoms with van der Waals surface area (Å²) in [5.74, 6) is 2.38. The van der Waals surface area contributed by atoms with Gasteiger partial charge in [-0.2, -0.15) is 0 Å². The molecule has 1 atom stereocenters. The summed E-state index contributed by atoms with van der Waals surface area (Å²) in [6.07, 6.45) is 5.46. The molecule has 0 aromatic carbocycles. The molecule has 0 spiro atoms. The van der Waals surface area contributed by atoms with Crippen molar-refractivity contribution >= 4 is 7.37 Å². The van der Waals surface area contributed by atoms with Crippen LogP contribution in [0.4, 0.5) is 0 Å². The normalized spacial score (nSPS) is 13.8. The molecule has 6 nitrogen and oxygen atoms in total. The summed E-state index contributed by atoms with van der Waals surface area (Å²) in [7, 11) is -2.48. The molecule has 0 fully saturated rings. The van der Waals surface area contributed by atoms with Crippen LogP contribution < -0.4 is 0 Å². The van der Waals surface area contributed by atoms with Gasteiger partial charge >= 0.3 is 0 Å². The first-order valence-electron chi connectivity index (χ1n) is 7.08. The average molecular weight is 322 g/mol. The molecule has 7 heteroatoms. The predicted octanol–water partition coefficient (Wildman–Crippen LogP) is 1.63. The molecule has 0 bridgehead atoms. The highest BCUT2D eigenvalue weighted by Gasteiger charge is 2.13. The molecule has 0 saturated carbocycles. The largest absolute Gasteiger partial charge is 0.378 e. The summed E-state index contributed by atoms with van der Waals surface area (Å²) in [5, 5.41) is 0. The summed E-state index contributed by atoms with van der Waals surface area (Å²) >= 11 is 0. The second-order valence-corrected chi connectivity index (χ2v) is 6.98. The third-order valence-electron chi connectivity index (χ3n) is 2.35. The average Bonchev–Trinajstić information content (AvgIpc) is 2.44. The Labute approximate surface area is 127 Å². The van der Waals surface area contributed by atoms with E-state index < -0.39 is 7.37 Å². The molecule has 0 aliphatic heterocycles. The quantitative estimate of drug-likeness (QED) is 0.259. The lowest BCUT2D eigenvalue weighted by Gasteiger charge is -2.12. The highest BCUT2D eigenvalue weighted by molar-refractivity contribution is 7.58. The van der Waals surface area contributed by atoms with Crippen molar-refractivity contribution in [1.82, 2.24) is 0 Å². The van der Waals surface area contributed by atoms with E-state index in [0.717, 1.165) is 0 Å². The van der Waals surface area contributed by atoms with Crippen LogP contribution in [0.2, 0.25) is 0 Å². The third kappa shape index (κ3) is 15.8. The zero-order valence-electron chi connectivity index (χ0n) is 13.0. The maximum absolute atomic E-state index is 11.7. The Morgan fingerprint density at radius 1 is 0.905 bits per heavy atom. The Kier molecular flexibility index (Phi) is 14.2. The first-order valence-corrected chi connectivity index (χ1v) is 9.33. The smallest absolute Gasteiger partial charge is 0.202 e. The fraction of sp³-hybridized carbons (Fsp3) is 0.857. The maximum Gasteiger partial charge on any atom is 0.202 e. The van der Waals surface area contributed by atoms with Gasteiger partial charge in [-0.1, -0.05) is 5.92 Å². The van der Waals surface area contributed by atoms with Gasteiger partial charge in [-0.25, -0.2) is 0 Å². The molecule has 0 aromatic heterocycles. The lowest BCUT2D eigenvalue weighted by Crippen LogP contribution is -2.13. The zero-order chi connectivity index (χ0) is 15.8. The van der Waals surface area contributed by atoms with E-state index in [-0.39, 0.29) is 0 Å². The van der Waals surface area contributed by atoms with Gasteiger partial charge < -0.3 is 23.5 Å². The van der Waals surface area contributed by atoms with Crippen LogP contribution in [-0.4, -0.2) is 72.3 Å². The van der Waals surface area contributed by atoms with Crippen molar-refractivity contribution in [2.24, 2.45) is 0 Å². The Balaban J connectivity index is 3.16. The van der Waals surface area contributed by atoms with Crippen LogP contribution in [0.5, 0.6) is 0 Å². The van der Waals surface area contributed by atoms with Gasteiger partial charge in [0, 0.05) is 12.8 Å². The van der Waals surface area contributed by atoms with E-state index in [1.54, 1.807) is 6.66 Å². The minimum Gasteiger partial charge on any atom is -0.378 e. The summed E-state index contributed by atoms with van der Waals surface area (Å²) in [6, 6.07) is 0. The van der Waals surface area contributed by atoms with Gasteiger partial charge in [-0.15, -0.1) is 6.42 Å². The predicted molar refractivity (Wildman–Crippen MR) is 82.1 cm³/mol. The summed E-state index contributed by atoms with van der Waals surface area (Å²) in [4.78, 5) is 0. The molecular formula is C14H27O6P. The van der Waals surface area contributed by atoms with Crippen molar-refractivity contribution in [2.45, 2.75) is 6.92 Å². The second-order valence-electron chi connectivity index (χ2n) is 4.25. The van der Waals surface area contributed by atoms with E-state index in [0.29, 0.717) is 65.6 Å². The van der Waals surface area contributed by atoms with Gasteiger partial charge in [0.15, 0.2) is 0 Å². The number of terminal acetylenes is 1. The van der Waals surface area contributed by atoms with E-state index in [2.05, 4.69) is 5.92 Å². The summed E-state index contributed by atoms with van der Waals surface area (Å²) in [5.41, 5.74) is 0. The molecule has 0 aliphatic rings. The van der Waals surface area contributed by atoms with Crippen LogP contribution >= 0.6 is 7.37 Å². The molecule has 0 heterocycles. The van der Waals surface area contributed by atoms with Crippen LogP contribution in [-0.2, 0) is 28.0 Å². The standard InChI is InChI=1S/C14H27O6P/c1-4-6-16-7-8-17-9-10-18-11-12-19-13-14-21(3,15)20-5-2/h1H,5-14H2,2-3H3. The van der Waals surface area contributed by atoms with Crippen LogP contribution in [0.15, 0.2) is 0 Å². The van der Waals surface area contributed by atoms with E-state index in [4.69, 9.17) is 29.9 Å². The minimum atomic E-state index is -2.48. The van der Waals surface area contributed by atoms with E-state index in [1.165, 1.54) is 0 Å². The summed E-state index contributed by atoms with van der Waals surface area (Å²) in [6.45, 7) is 7.61. The van der Waals surface area contributed by atoms with Gasteiger partial charge in [0.25, 0.3) is 0 Å². The Bertz CT molecular complexity index is 315. The fourth-order valence-electron chi connectivity index (χ4n) is 1.36. The monoisotopic (exact) mass is 322 g/mol. The number of hydrogen-bond acceptors (Lipinski definition) is 6. The van der Waals surface area contributed by atoms with E-state index in [9.17, 15) is 4.57 Å². The zero-order valence-corrected chi connectivity index (χ0v) is 13.9. The number of hydrogen-bond donors (Lipinski definition) is 0. The first kappa shape index (κ1) is 20.6. The first-order chi connectivity index (χ1) is 10.1. The Hall–Kier alpha value is -0.410. The highest BCUT2D eigenvalue weighted by atomic mass is 31.2. The van der Waals surface area contributed by atoms with Gasteiger partial charge in [-0.3, -0.25) is 4.57 Å². The van der Waals surface area contributed by atoms with Crippen molar-refractivity contribution in [2.75, 3.05) is 72.3 Å². The lowest BCUT2D eigenvalue weighted by molar-refractivity contribution is 0.00288. The van der Waals surface area contributed by atoms with Gasteiger partial charge in [0.2, 0.25) is 7.37 Å². The molecule has 21 heavy (non-hydrogen) atoms. The molecule has 0 N–H and O–H groups in total. The molecule has 0 rings (SSSR count). The van der Waals surface area contributed by atoms with E-state index in [1.807, 2.05) is 6.92 Å². The van der Waals surface area contributed by atoms with Crippen molar-refractivity contribution in [3.8, 4) is 12.3 Å². The van der Waals surface area contributed by atoms with Crippen LogP contribution in [0.25, 0.3) is 0 Å². The molecule has 0 aromatic rings. The molecule has 124 valence electrons. The maximum atomic E-state index is 11.7. The van der Waals surface area contributed by atoms with Crippen molar-refractivity contribution in [3.05, 3.63) is 0 Å². The van der Waals surface area contributed by atoms with Gasteiger partial charge in [-0.05, 0) is 6.92 Å². The van der Waals surface area contributed by atoms with Crippen molar-refractivity contribution < 1.29 is 28.0 Å². The van der Waals surface area contributed by atoms with Crippen LogP contribution in [0.1, 0.15) is 6.92 Å². The number of rotatable bonds is 15. The van der Waals surface area contributed by atoms with Gasteiger partial charge in [0.05, 0.1) is 52.9 Å². The molecule has 0 saturated heterocycles. The lowest BCUT2D eigenvalue weighted by atomic mass is 10.7. The second kappa shape index (κ2) is 14.5. The van der Waals surface area contributed by atoms with E-state index >= 15 is 0 Å². The number of ether oxygens (including phenoxy) is 4. The van der Waals surface area contributed by atoms with Crippen molar-refractivity contribution in [1.29, 1.82) is 0 Å². The molecule has 0 aliphatic carbocycles. The van der Waals surface area contributed by atoms with Crippen LogP contribution in [0, 0.1) is 12.3 Å². The molecule has 0 amide bonds. The van der Waals surface area contributed by atoms with Crippen molar-refractivity contribution in [3.63, 3.8) is 0 Å². The topological polar surface area (TPSA) is 63.2 Å².